The first kappa shape index (κ1) is 20.5. The number of benzene rings is 1. The Bertz CT molecular complexity index is 598. The molecule has 7 heteroatoms. The molecule has 0 saturated heterocycles. The van der Waals surface area contributed by atoms with E-state index >= 15 is 0 Å². The van der Waals surface area contributed by atoms with Gasteiger partial charge in [-0.15, -0.1) is 0 Å². The van der Waals surface area contributed by atoms with E-state index in [4.69, 9.17) is 4.74 Å². The SMILES string of the molecule is COC(=O)[C@H](Cc1ccc(O)cc1)NC(=O)[C@H](CC(C)C)NC(C)=O. The largest absolute Gasteiger partial charge is 0.508 e. The maximum absolute atomic E-state index is 12.5. The van der Waals surface area contributed by atoms with Crippen LogP contribution in [0.3, 0.4) is 0 Å². The zero-order valence-corrected chi connectivity index (χ0v) is 15.0. The van der Waals surface area contributed by atoms with E-state index in [1.54, 1.807) is 12.1 Å². The Morgan fingerprint density at radius 1 is 1.08 bits per heavy atom. The predicted molar refractivity (Wildman–Crippen MR) is 92.8 cm³/mol. The lowest BCUT2D eigenvalue weighted by Gasteiger charge is -2.23. The number of hydrogen-bond donors (Lipinski definition) is 3. The number of phenolic OH excluding ortho intramolecular Hbond substituents is 1. The zero-order chi connectivity index (χ0) is 19.0. The number of amides is 2. The van der Waals surface area contributed by atoms with Gasteiger partial charge in [-0.25, -0.2) is 4.79 Å². The number of carbonyl (C=O) groups excluding carboxylic acids is 3. The van der Waals surface area contributed by atoms with E-state index in [1.807, 2.05) is 13.8 Å². The van der Waals surface area contributed by atoms with Crippen LogP contribution in [0.2, 0.25) is 0 Å². The number of phenols is 1. The number of esters is 1. The maximum atomic E-state index is 12.5. The second kappa shape index (κ2) is 9.66. The van der Waals surface area contributed by atoms with Crippen molar-refractivity contribution in [3.05, 3.63) is 29.8 Å². The third-order valence-corrected chi connectivity index (χ3v) is 3.58. The molecular formula is C18H26N2O5. The van der Waals surface area contributed by atoms with Crippen LogP contribution in [0.1, 0.15) is 32.8 Å². The third-order valence-electron chi connectivity index (χ3n) is 3.58. The van der Waals surface area contributed by atoms with Gasteiger partial charge in [-0.2, -0.15) is 0 Å². The Hall–Kier alpha value is -2.57. The molecule has 0 heterocycles. The van der Waals surface area contributed by atoms with Crippen LogP contribution in [0.15, 0.2) is 24.3 Å². The maximum Gasteiger partial charge on any atom is 0.328 e. The van der Waals surface area contributed by atoms with Gasteiger partial charge in [-0.3, -0.25) is 9.59 Å². The molecule has 0 spiro atoms. The molecule has 0 fully saturated rings. The molecule has 0 bridgehead atoms. The van der Waals surface area contributed by atoms with Gasteiger partial charge in [0.15, 0.2) is 0 Å². The lowest BCUT2D eigenvalue weighted by atomic mass is 10.0. The summed E-state index contributed by atoms with van der Waals surface area (Å²) in [5, 5.41) is 14.6. The fraction of sp³-hybridized carbons (Fsp3) is 0.500. The molecule has 1 aromatic carbocycles. The minimum atomic E-state index is -0.884. The standard InChI is InChI=1S/C18H26N2O5/c1-11(2)9-15(19-12(3)21)17(23)20-16(18(24)25-4)10-13-5-7-14(22)8-6-13/h5-8,11,15-16,22H,9-10H2,1-4H3,(H,19,21)(H,20,23)/t15-,16-/m0/s1. The first-order valence-corrected chi connectivity index (χ1v) is 8.16. The molecule has 1 aromatic rings. The normalized spacial score (nSPS) is 13.0. The number of ether oxygens (including phenoxy) is 1. The van der Waals surface area contributed by atoms with Crippen LogP contribution in [0.5, 0.6) is 5.75 Å². The van der Waals surface area contributed by atoms with Crippen molar-refractivity contribution < 1.29 is 24.2 Å². The molecule has 0 saturated carbocycles. The molecular weight excluding hydrogens is 324 g/mol. The molecule has 7 nitrogen and oxygen atoms in total. The lowest BCUT2D eigenvalue weighted by Crippen LogP contribution is -2.52. The zero-order valence-electron chi connectivity index (χ0n) is 15.0. The number of nitrogens with one attached hydrogen (secondary N) is 2. The fourth-order valence-corrected chi connectivity index (χ4v) is 2.42. The average Bonchev–Trinajstić information content (AvgIpc) is 2.53. The average molecular weight is 350 g/mol. The summed E-state index contributed by atoms with van der Waals surface area (Å²) < 4.78 is 4.76. The summed E-state index contributed by atoms with van der Waals surface area (Å²) >= 11 is 0. The number of carbonyl (C=O) groups is 3. The van der Waals surface area contributed by atoms with E-state index in [0.29, 0.717) is 6.42 Å². The van der Waals surface area contributed by atoms with Crippen LogP contribution in [-0.4, -0.2) is 42.1 Å². The van der Waals surface area contributed by atoms with Crippen molar-refractivity contribution in [2.45, 2.75) is 45.7 Å². The van der Waals surface area contributed by atoms with Crippen LogP contribution < -0.4 is 10.6 Å². The van der Waals surface area contributed by atoms with Crippen molar-refractivity contribution in [2.75, 3.05) is 7.11 Å². The Kier molecular flexibility index (Phi) is 7.91. The number of rotatable bonds is 8. The second-order valence-electron chi connectivity index (χ2n) is 6.34. The monoisotopic (exact) mass is 350 g/mol. The van der Waals surface area contributed by atoms with Crippen LogP contribution in [0, 0.1) is 5.92 Å². The van der Waals surface area contributed by atoms with Gasteiger partial charge in [0.2, 0.25) is 11.8 Å². The Balaban J connectivity index is 2.87. The van der Waals surface area contributed by atoms with Gasteiger partial charge in [0.25, 0.3) is 0 Å². The lowest BCUT2D eigenvalue weighted by molar-refractivity contribution is -0.145. The van der Waals surface area contributed by atoms with Crippen molar-refractivity contribution in [2.24, 2.45) is 5.92 Å². The summed E-state index contributed by atoms with van der Waals surface area (Å²) in [6.07, 6.45) is 0.672. The molecule has 3 N–H and O–H groups in total. The Morgan fingerprint density at radius 2 is 1.68 bits per heavy atom. The van der Waals surface area contributed by atoms with E-state index < -0.39 is 24.0 Å². The minimum Gasteiger partial charge on any atom is -0.508 e. The fourth-order valence-electron chi connectivity index (χ4n) is 2.42. The van der Waals surface area contributed by atoms with E-state index in [1.165, 1.54) is 26.2 Å². The van der Waals surface area contributed by atoms with Gasteiger partial charge in [-0.1, -0.05) is 26.0 Å². The molecule has 0 unspecified atom stereocenters. The molecule has 2 amide bonds. The first-order valence-electron chi connectivity index (χ1n) is 8.16. The van der Waals surface area contributed by atoms with Crippen molar-refractivity contribution in [3.8, 4) is 5.75 Å². The summed E-state index contributed by atoms with van der Waals surface area (Å²) in [7, 11) is 1.25. The predicted octanol–water partition coefficient (Wildman–Crippen LogP) is 1.14. The Labute approximate surface area is 147 Å². The van der Waals surface area contributed by atoms with Crippen LogP contribution >= 0.6 is 0 Å². The molecule has 0 aliphatic rings. The van der Waals surface area contributed by atoms with Crippen molar-refractivity contribution >= 4 is 17.8 Å². The highest BCUT2D eigenvalue weighted by Crippen LogP contribution is 2.12. The molecule has 0 radical (unpaired) electrons. The molecule has 25 heavy (non-hydrogen) atoms. The van der Waals surface area contributed by atoms with Gasteiger partial charge in [0.1, 0.15) is 17.8 Å². The topological polar surface area (TPSA) is 105 Å². The molecule has 0 aliphatic heterocycles. The van der Waals surface area contributed by atoms with E-state index in [0.717, 1.165) is 5.56 Å². The van der Waals surface area contributed by atoms with Crippen LogP contribution in [0.25, 0.3) is 0 Å². The van der Waals surface area contributed by atoms with Crippen molar-refractivity contribution in [1.29, 1.82) is 0 Å². The summed E-state index contributed by atoms with van der Waals surface area (Å²) in [6, 6.07) is 4.73. The van der Waals surface area contributed by atoms with Gasteiger partial charge in [-0.05, 0) is 30.0 Å². The molecule has 2 atom stereocenters. The first-order chi connectivity index (χ1) is 11.7. The number of methoxy groups -OCH3 is 1. The van der Waals surface area contributed by atoms with E-state index in [2.05, 4.69) is 10.6 Å². The highest BCUT2D eigenvalue weighted by atomic mass is 16.5. The Morgan fingerprint density at radius 3 is 2.16 bits per heavy atom. The highest BCUT2D eigenvalue weighted by Gasteiger charge is 2.27. The number of hydrogen-bond acceptors (Lipinski definition) is 5. The van der Waals surface area contributed by atoms with E-state index in [9.17, 15) is 19.5 Å². The summed E-state index contributed by atoms with van der Waals surface area (Å²) in [5.74, 6) is -1.01. The van der Waals surface area contributed by atoms with Crippen molar-refractivity contribution in [1.82, 2.24) is 10.6 Å². The van der Waals surface area contributed by atoms with Crippen molar-refractivity contribution in [3.63, 3.8) is 0 Å². The van der Waals surface area contributed by atoms with Gasteiger partial charge < -0.3 is 20.5 Å². The minimum absolute atomic E-state index is 0.116. The highest BCUT2D eigenvalue weighted by molar-refractivity contribution is 5.90. The molecule has 138 valence electrons. The van der Waals surface area contributed by atoms with Crippen LogP contribution in [0.4, 0.5) is 0 Å². The van der Waals surface area contributed by atoms with Gasteiger partial charge >= 0.3 is 5.97 Å². The smallest absolute Gasteiger partial charge is 0.328 e. The molecule has 0 aliphatic carbocycles. The van der Waals surface area contributed by atoms with Crippen LogP contribution in [-0.2, 0) is 25.5 Å². The summed E-state index contributed by atoms with van der Waals surface area (Å²) in [5.41, 5.74) is 0.758. The molecule has 0 aromatic heterocycles. The van der Waals surface area contributed by atoms with E-state index in [-0.39, 0.29) is 24.0 Å². The third kappa shape index (κ3) is 7.24. The summed E-state index contributed by atoms with van der Waals surface area (Å²) in [4.78, 5) is 35.9. The number of aromatic hydroxyl groups is 1. The second-order valence-corrected chi connectivity index (χ2v) is 6.34. The summed E-state index contributed by atoms with van der Waals surface area (Å²) in [6.45, 7) is 5.22. The van der Waals surface area contributed by atoms with Gasteiger partial charge in [0, 0.05) is 13.3 Å². The quantitative estimate of drug-likeness (QED) is 0.610. The van der Waals surface area contributed by atoms with Gasteiger partial charge in [0.05, 0.1) is 7.11 Å². The molecule has 1 rings (SSSR count).